The maximum absolute atomic E-state index is 14.8. The van der Waals surface area contributed by atoms with Gasteiger partial charge in [0.1, 0.15) is 11.7 Å². The van der Waals surface area contributed by atoms with Gasteiger partial charge in [-0.3, -0.25) is 38.7 Å². The second-order valence-corrected chi connectivity index (χ2v) is 17.1. The molecule has 3 aliphatic rings. The molecule has 2 amide bonds. The molecule has 2 aliphatic carbocycles. The van der Waals surface area contributed by atoms with Gasteiger partial charge in [0.15, 0.2) is 17.3 Å². The van der Waals surface area contributed by atoms with Crippen LogP contribution in [0.5, 0.6) is 0 Å². The number of likely N-dealkylation sites (tertiary alicyclic amines) is 1. The average Bonchev–Trinajstić information content (AvgIpc) is 3.77. The van der Waals surface area contributed by atoms with Crippen LogP contribution in [0, 0.1) is 35.0 Å². The Morgan fingerprint density at radius 2 is 1.59 bits per heavy atom. The molecular formula is C43H59N5O6. The third-order valence-corrected chi connectivity index (χ3v) is 12.2. The van der Waals surface area contributed by atoms with E-state index in [2.05, 4.69) is 20.3 Å². The average molecular weight is 742 g/mol. The van der Waals surface area contributed by atoms with Crippen molar-refractivity contribution in [3.63, 3.8) is 0 Å². The number of hydrogen-bond donors (Lipinski definition) is 1. The number of nitrogens with one attached hydrogen (secondary N) is 1. The van der Waals surface area contributed by atoms with E-state index in [9.17, 15) is 28.8 Å². The fourth-order valence-electron chi connectivity index (χ4n) is 9.22. The second kappa shape index (κ2) is 18.5. The Morgan fingerprint density at radius 1 is 0.870 bits per heavy atom. The van der Waals surface area contributed by atoms with Crippen LogP contribution in [0.15, 0.2) is 43.1 Å². The molecule has 5 rings (SSSR count). The first-order chi connectivity index (χ1) is 25.8. The molecule has 54 heavy (non-hydrogen) atoms. The summed E-state index contributed by atoms with van der Waals surface area (Å²) in [5.41, 5.74) is 0.427. The van der Waals surface area contributed by atoms with Crippen LogP contribution < -0.4 is 5.32 Å². The molecule has 0 aromatic carbocycles. The van der Waals surface area contributed by atoms with E-state index in [1.165, 1.54) is 18.6 Å². The first-order valence-corrected chi connectivity index (χ1v) is 20.2. The number of rotatable bonds is 17. The monoisotopic (exact) mass is 741 g/mol. The number of pyridine rings is 1. The fraction of sp³-hybridized carbons (Fsp3) is 0.651. The number of hydrogen-bond acceptors (Lipinski definition) is 9. The zero-order valence-electron chi connectivity index (χ0n) is 32.8. The minimum absolute atomic E-state index is 0.000929. The van der Waals surface area contributed by atoms with E-state index in [1.807, 2.05) is 46.8 Å². The summed E-state index contributed by atoms with van der Waals surface area (Å²) in [7, 11) is 0. The van der Waals surface area contributed by atoms with Gasteiger partial charge in [-0.15, -0.1) is 0 Å². The maximum atomic E-state index is 14.8. The standard InChI is InChI=1S/C43H59N5O6/c1-6-11-30(39(52)37(51)22-27(2)28-16-18-44-19-17-28)23-36(50)38-32-15-10-14-31(32)26-48(38)42(54)40(43(3,4)5)47-41(53)33(29-12-8-7-9-13-29)24-35(49)34-25-45-20-21-46-34/h16-21,25,27,29-33,38,40H,6-15,22-24,26H2,1-5H3,(H,47,53)/t27-,30-,31?,32?,33+,38-,40+/m0/s1. The van der Waals surface area contributed by atoms with Gasteiger partial charge in [0.2, 0.25) is 17.6 Å². The first-order valence-electron chi connectivity index (χ1n) is 20.2. The zero-order valence-corrected chi connectivity index (χ0v) is 32.8. The van der Waals surface area contributed by atoms with E-state index in [4.69, 9.17) is 0 Å². The van der Waals surface area contributed by atoms with Crippen molar-refractivity contribution in [1.82, 2.24) is 25.2 Å². The van der Waals surface area contributed by atoms with Crippen LogP contribution in [-0.4, -0.2) is 73.4 Å². The number of ketones is 4. The lowest BCUT2D eigenvalue weighted by atomic mass is 9.76. The zero-order chi connectivity index (χ0) is 39.0. The molecule has 7 atom stereocenters. The molecule has 0 bridgehead atoms. The highest BCUT2D eigenvalue weighted by atomic mass is 16.2. The molecule has 3 heterocycles. The summed E-state index contributed by atoms with van der Waals surface area (Å²) < 4.78 is 0. The number of carbonyl (C=O) groups is 6. The van der Waals surface area contributed by atoms with Gasteiger partial charge >= 0.3 is 0 Å². The number of aromatic nitrogens is 3. The molecule has 1 N–H and O–H groups in total. The molecule has 11 nitrogen and oxygen atoms in total. The second-order valence-electron chi connectivity index (χ2n) is 17.1. The quantitative estimate of drug-likeness (QED) is 0.141. The molecule has 292 valence electrons. The topological polar surface area (TPSA) is 156 Å². The highest BCUT2D eigenvalue weighted by Gasteiger charge is 2.52. The Kier molecular flexibility index (Phi) is 14.0. The lowest BCUT2D eigenvalue weighted by Crippen LogP contribution is -2.58. The predicted molar refractivity (Wildman–Crippen MR) is 204 cm³/mol. The van der Waals surface area contributed by atoms with Crippen molar-refractivity contribution in [3.8, 4) is 0 Å². The van der Waals surface area contributed by atoms with Crippen LogP contribution in [0.4, 0.5) is 0 Å². The third-order valence-electron chi connectivity index (χ3n) is 12.2. The molecule has 1 aliphatic heterocycles. The lowest BCUT2D eigenvalue weighted by molar-refractivity contribution is -0.146. The molecule has 0 spiro atoms. The fourth-order valence-corrected chi connectivity index (χ4v) is 9.22. The summed E-state index contributed by atoms with van der Waals surface area (Å²) in [4.78, 5) is 97.7. The van der Waals surface area contributed by atoms with Crippen molar-refractivity contribution in [2.45, 2.75) is 136 Å². The van der Waals surface area contributed by atoms with Crippen LogP contribution in [-0.2, 0) is 24.0 Å². The Hall–Kier alpha value is -4.15. The van der Waals surface area contributed by atoms with Gasteiger partial charge in [-0.05, 0) is 78.9 Å². The van der Waals surface area contributed by atoms with Gasteiger partial charge in [-0.25, -0.2) is 4.98 Å². The molecule has 3 fully saturated rings. The Balaban J connectivity index is 1.34. The Labute approximate surface area is 320 Å². The summed E-state index contributed by atoms with van der Waals surface area (Å²) in [5, 5.41) is 3.11. The molecular weight excluding hydrogens is 683 g/mol. The van der Waals surface area contributed by atoms with Crippen molar-refractivity contribution >= 4 is 34.9 Å². The van der Waals surface area contributed by atoms with E-state index in [-0.39, 0.29) is 72.0 Å². The predicted octanol–water partition coefficient (Wildman–Crippen LogP) is 6.51. The minimum Gasteiger partial charge on any atom is -0.344 e. The van der Waals surface area contributed by atoms with Crippen molar-refractivity contribution in [2.24, 2.45) is 35.0 Å². The normalized spacial score (nSPS) is 22.5. The maximum Gasteiger partial charge on any atom is 0.246 e. The van der Waals surface area contributed by atoms with Crippen molar-refractivity contribution < 1.29 is 28.8 Å². The summed E-state index contributed by atoms with van der Waals surface area (Å²) in [6, 6.07) is 2.00. The molecule has 1 saturated heterocycles. The van der Waals surface area contributed by atoms with E-state index in [0.29, 0.717) is 19.4 Å². The number of carbonyl (C=O) groups excluding carboxylic acids is 6. The van der Waals surface area contributed by atoms with Gasteiger partial charge in [-0.1, -0.05) is 66.7 Å². The highest BCUT2D eigenvalue weighted by molar-refractivity contribution is 6.38. The van der Waals surface area contributed by atoms with Crippen molar-refractivity contribution in [2.75, 3.05) is 6.54 Å². The van der Waals surface area contributed by atoms with Gasteiger partial charge in [0.05, 0.1) is 12.2 Å². The van der Waals surface area contributed by atoms with E-state index >= 15 is 0 Å². The molecule has 0 radical (unpaired) electrons. The van der Waals surface area contributed by atoms with Gasteiger partial charge in [-0.2, -0.15) is 0 Å². The number of Topliss-reactive ketones (excluding diaryl/α,β-unsaturated/α-hetero) is 4. The minimum atomic E-state index is -0.943. The molecule has 11 heteroatoms. The van der Waals surface area contributed by atoms with Crippen LogP contribution in [0.3, 0.4) is 0 Å². The van der Waals surface area contributed by atoms with E-state index < -0.39 is 40.9 Å². The molecule has 2 saturated carbocycles. The van der Waals surface area contributed by atoms with Crippen molar-refractivity contribution in [3.05, 3.63) is 54.4 Å². The smallest absolute Gasteiger partial charge is 0.246 e. The summed E-state index contributed by atoms with van der Waals surface area (Å²) >= 11 is 0. The van der Waals surface area contributed by atoms with Crippen LogP contribution in [0.2, 0.25) is 0 Å². The van der Waals surface area contributed by atoms with Crippen LogP contribution in [0.1, 0.15) is 140 Å². The molecule has 2 aromatic rings. The number of nitrogens with zero attached hydrogens (tertiary/aromatic N) is 4. The van der Waals surface area contributed by atoms with Crippen LogP contribution in [0.25, 0.3) is 0 Å². The number of amides is 2. The number of fused-ring (bicyclic) bond motifs is 1. The third kappa shape index (κ3) is 9.93. The largest absolute Gasteiger partial charge is 0.344 e. The highest BCUT2D eigenvalue weighted by Crippen LogP contribution is 2.44. The SMILES string of the molecule is CCC[C@@H](CC(=O)[C@@H]1C2CCCC2CN1C(=O)[C@@H](NC(=O)[C@H](CC(=O)c1cnccn1)C1CCCCC1)C(C)(C)C)C(=O)C(=O)C[C@H](C)c1ccncc1. The molecule has 2 unspecified atom stereocenters. The van der Waals surface area contributed by atoms with Gasteiger partial charge in [0.25, 0.3) is 0 Å². The Bertz CT molecular complexity index is 1640. The van der Waals surface area contributed by atoms with Crippen molar-refractivity contribution in [1.29, 1.82) is 0 Å². The summed E-state index contributed by atoms with van der Waals surface area (Å²) in [6.45, 7) is 9.95. The lowest BCUT2D eigenvalue weighted by Gasteiger charge is -2.38. The summed E-state index contributed by atoms with van der Waals surface area (Å²) in [5.74, 6) is -3.52. The first kappa shape index (κ1) is 41.0. The van der Waals surface area contributed by atoms with E-state index in [0.717, 1.165) is 56.9 Å². The van der Waals surface area contributed by atoms with Crippen LogP contribution >= 0.6 is 0 Å². The van der Waals surface area contributed by atoms with E-state index in [1.54, 1.807) is 17.3 Å². The molecule has 2 aromatic heterocycles. The van der Waals surface area contributed by atoms with Gasteiger partial charge < -0.3 is 10.2 Å². The Morgan fingerprint density at radius 3 is 2.24 bits per heavy atom. The van der Waals surface area contributed by atoms with Gasteiger partial charge in [0, 0.05) is 62.4 Å². The summed E-state index contributed by atoms with van der Waals surface area (Å²) in [6.07, 6.45) is 16.0.